The minimum absolute atomic E-state index is 0.523. The normalized spacial score (nSPS) is 16.6. The summed E-state index contributed by atoms with van der Waals surface area (Å²) in [5.74, 6) is 0.962. The summed E-state index contributed by atoms with van der Waals surface area (Å²) < 4.78 is 4.36. The minimum atomic E-state index is 0.523. The highest BCUT2D eigenvalue weighted by molar-refractivity contribution is 7.13. The second kappa shape index (κ2) is 6.05. The highest BCUT2D eigenvalue weighted by Crippen LogP contribution is 2.24. The van der Waals surface area contributed by atoms with E-state index in [1.807, 2.05) is 6.92 Å². The Balaban J connectivity index is 1.54. The quantitative estimate of drug-likeness (QED) is 0.941. The summed E-state index contributed by atoms with van der Waals surface area (Å²) in [6.45, 7) is 6.21. The molecule has 3 rings (SSSR count). The number of thiazole rings is 1. The maximum absolute atomic E-state index is 4.57. The molecular formula is C13H19N5S2. The highest BCUT2D eigenvalue weighted by Gasteiger charge is 2.22. The van der Waals surface area contributed by atoms with Crippen LogP contribution in [0.15, 0.2) is 5.38 Å². The molecule has 20 heavy (non-hydrogen) atoms. The summed E-state index contributed by atoms with van der Waals surface area (Å²) in [5, 5.41) is 7.75. The molecule has 0 bridgehead atoms. The Morgan fingerprint density at radius 2 is 2.15 bits per heavy atom. The number of aromatic nitrogens is 3. The predicted octanol–water partition coefficient (Wildman–Crippen LogP) is 2.95. The van der Waals surface area contributed by atoms with Crippen LogP contribution in [0.2, 0.25) is 0 Å². The summed E-state index contributed by atoms with van der Waals surface area (Å²) >= 11 is 3.21. The van der Waals surface area contributed by atoms with E-state index in [0.717, 1.165) is 54.1 Å². The van der Waals surface area contributed by atoms with Crippen molar-refractivity contribution < 1.29 is 0 Å². The number of piperidine rings is 1. The lowest BCUT2D eigenvalue weighted by atomic mass is 10.1. The van der Waals surface area contributed by atoms with E-state index >= 15 is 0 Å². The number of anilines is 2. The average molecular weight is 309 g/mol. The van der Waals surface area contributed by atoms with Crippen molar-refractivity contribution in [2.45, 2.75) is 39.2 Å². The van der Waals surface area contributed by atoms with Crippen molar-refractivity contribution in [3.05, 3.63) is 16.9 Å². The first-order chi connectivity index (χ1) is 9.74. The molecule has 1 aliphatic heterocycles. The molecule has 1 N–H and O–H groups in total. The van der Waals surface area contributed by atoms with Crippen LogP contribution in [-0.4, -0.2) is 33.5 Å². The lowest BCUT2D eigenvalue weighted by Gasteiger charge is -2.31. The zero-order chi connectivity index (χ0) is 13.9. The van der Waals surface area contributed by atoms with Crippen LogP contribution < -0.4 is 10.2 Å². The van der Waals surface area contributed by atoms with Gasteiger partial charge in [-0.3, -0.25) is 0 Å². The Hall–Kier alpha value is -1.21. The van der Waals surface area contributed by atoms with Gasteiger partial charge in [0, 0.05) is 42.5 Å². The van der Waals surface area contributed by atoms with Crippen molar-refractivity contribution in [3.63, 3.8) is 0 Å². The lowest BCUT2D eigenvalue weighted by molar-refractivity contribution is 0.525. The summed E-state index contributed by atoms with van der Waals surface area (Å²) in [5.41, 5.74) is 1.09. The molecule has 5 nitrogen and oxygen atoms in total. The Kier molecular flexibility index (Phi) is 4.16. The van der Waals surface area contributed by atoms with Crippen LogP contribution >= 0.6 is 22.9 Å². The van der Waals surface area contributed by atoms with Crippen molar-refractivity contribution >= 4 is 33.1 Å². The largest absolute Gasteiger partial charge is 0.359 e. The number of nitrogens with zero attached hydrogens (tertiary/aromatic N) is 4. The van der Waals surface area contributed by atoms with Crippen LogP contribution in [0.1, 0.15) is 31.3 Å². The monoisotopic (exact) mass is 309 g/mol. The van der Waals surface area contributed by atoms with E-state index in [2.05, 4.69) is 36.9 Å². The Morgan fingerprint density at radius 3 is 2.75 bits per heavy atom. The standard InChI is InChI=1S/C13H19N5S2/c1-3-11-16-13(20-17-11)18-6-4-10(5-7-18)15-12-14-9(2)8-19-12/h8,10H,3-7H2,1-2H3,(H,14,15). The molecule has 0 aromatic carbocycles. The summed E-state index contributed by atoms with van der Waals surface area (Å²) in [6.07, 6.45) is 3.16. The number of aryl methyl sites for hydroxylation is 2. The zero-order valence-corrected chi connectivity index (χ0v) is 13.4. The van der Waals surface area contributed by atoms with Crippen LogP contribution in [0.3, 0.4) is 0 Å². The molecule has 7 heteroatoms. The van der Waals surface area contributed by atoms with Crippen LogP contribution in [0.5, 0.6) is 0 Å². The summed E-state index contributed by atoms with van der Waals surface area (Å²) in [4.78, 5) is 11.4. The van der Waals surface area contributed by atoms with Gasteiger partial charge >= 0.3 is 0 Å². The second-order valence-corrected chi connectivity index (χ2v) is 6.63. The average Bonchev–Trinajstić information content (AvgIpc) is 3.09. The molecule has 1 saturated heterocycles. The molecule has 1 aliphatic rings. The first-order valence-electron chi connectivity index (χ1n) is 7.01. The molecule has 1 fully saturated rings. The van der Waals surface area contributed by atoms with Gasteiger partial charge in [-0.1, -0.05) is 6.92 Å². The molecule has 108 valence electrons. The molecular weight excluding hydrogens is 290 g/mol. The molecule has 0 aliphatic carbocycles. The third-order valence-electron chi connectivity index (χ3n) is 3.49. The molecule has 0 saturated carbocycles. The van der Waals surface area contributed by atoms with Crippen molar-refractivity contribution in [2.24, 2.45) is 0 Å². The van der Waals surface area contributed by atoms with Gasteiger partial charge < -0.3 is 10.2 Å². The lowest BCUT2D eigenvalue weighted by Crippen LogP contribution is -2.39. The second-order valence-electron chi connectivity index (χ2n) is 5.05. The summed E-state index contributed by atoms with van der Waals surface area (Å²) in [7, 11) is 0. The molecule has 0 spiro atoms. The first-order valence-corrected chi connectivity index (χ1v) is 8.66. The third-order valence-corrected chi connectivity index (χ3v) is 5.19. The predicted molar refractivity (Wildman–Crippen MR) is 85.0 cm³/mol. The minimum Gasteiger partial charge on any atom is -0.359 e. The highest BCUT2D eigenvalue weighted by atomic mass is 32.1. The van der Waals surface area contributed by atoms with E-state index in [1.165, 1.54) is 11.5 Å². The van der Waals surface area contributed by atoms with Gasteiger partial charge in [0.1, 0.15) is 5.82 Å². The van der Waals surface area contributed by atoms with Gasteiger partial charge in [-0.25, -0.2) is 9.97 Å². The van der Waals surface area contributed by atoms with Gasteiger partial charge in [-0.05, 0) is 19.8 Å². The molecule has 0 atom stereocenters. The van der Waals surface area contributed by atoms with Gasteiger partial charge in [0.25, 0.3) is 0 Å². The van der Waals surface area contributed by atoms with Crippen molar-refractivity contribution in [1.29, 1.82) is 0 Å². The van der Waals surface area contributed by atoms with Crippen molar-refractivity contribution in [1.82, 2.24) is 14.3 Å². The van der Waals surface area contributed by atoms with E-state index in [9.17, 15) is 0 Å². The van der Waals surface area contributed by atoms with Crippen molar-refractivity contribution in [2.75, 3.05) is 23.3 Å². The van der Waals surface area contributed by atoms with Gasteiger partial charge in [-0.15, -0.1) is 11.3 Å². The molecule has 2 aromatic rings. The van der Waals surface area contributed by atoms with Gasteiger partial charge in [0.05, 0.1) is 5.69 Å². The number of hydrogen-bond acceptors (Lipinski definition) is 7. The topological polar surface area (TPSA) is 53.9 Å². The SMILES string of the molecule is CCc1nsc(N2CCC(Nc3nc(C)cs3)CC2)n1. The number of hydrogen-bond donors (Lipinski definition) is 1. The molecule has 0 amide bonds. The van der Waals surface area contributed by atoms with Gasteiger partial charge in [0.2, 0.25) is 5.13 Å². The van der Waals surface area contributed by atoms with E-state index in [4.69, 9.17) is 0 Å². The van der Waals surface area contributed by atoms with Crippen LogP contribution in [0.4, 0.5) is 10.3 Å². The first kappa shape index (κ1) is 13.8. The van der Waals surface area contributed by atoms with Crippen molar-refractivity contribution in [3.8, 4) is 0 Å². The maximum Gasteiger partial charge on any atom is 0.205 e. The van der Waals surface area contributed by atoms with Gasteiger partial charge in [-0.2, -0.15) is 4.37 Å². The molecule has 3 heterocycles. The molecule has 0 radical (unpaired) electrons. The van der Waals surface area contributed by atoms with Crippen LogP contribution in [-0.2, 0) is 6.42 Å². The summed E-state index contributed by atoms with van der Waals surface area (Å²) in [6, 6.07) is 0.523. The fraction of sp³-hybridized carbons (Fsp3) is 0.615. The number of nitrogens with one attached hydrogen (secondary N) is 1. The van der Waals surface area contributed by atoms with Gasteiger partial charge in [0.15, 0.2) is 5.13 Å². The Morgan fingerprint density at radius 1 is 1.35 bits per heavy atom. The Bertz CT molecular complexity index is 557. The zero-order valence-electron chi connectivity index (χ0n) is 11.8. The van der Waals surface area contributed by atoms with E-state index in [0.29, 0.717) is 6.04 Å². The number of rotatable bonds is 4. The van der Waals surface area contributed by atoms with E-state index < -0.39 is 0 Å². The molecule has 0 unspecified atom stereocenters. The third kappa shape index (κ3) is 3.09. The van der Waals surface area contributed by atoms with E-state index in [1.54, 1.807) is 11.3 Å². The Labute approximate surface area is 127 Å². The molecule has 2 aromatic heterocycles. The van der Waals surface area contributed by atoms with E-state index in [-0.39, 0.29) is 0 Å². The smallest absolute Gasteiger partial charge is 0.205 e. The fourth-order valence-electron chi connectivity index (χ4n) is 2.33. The maximum atomic E-state index is 4.57. The van der Waals surface area contributed by atoms with Crippen LogP contribution in [0, 0.1) is 6.92 Å². The van der Waals surface area contributed by atoms with Crippen LogP contribution in [0.25, 0.3) is 0 Å². The fourth-order valence-corrected chi connectivity index (χ4v) is 3.89.